The SMILES string of the molecule is C=CC(=O)NCCN1CCN(C)C1=O. The van der Waals surface area contributed by atoms with Gasteiger partial charge in [-0.05, 0) is 6.08 Å². The van der Waals surface area contributed by atoms with E-state index in [2.05, 4.69) is 11.9 Å². The average Bonchev–Trinajstić information content (AvgIpc) is 2.49. The summed E-state index contributed by atoms with van der Waals surface area (Å²) >= 11 is 0. The molecule has 0 aromatic carbocycles. The summed E-state index contributed by atoms with van der Waals surface area (Å²) in [5.41, 5.74) is 0. The maximum absolute atomic E-state index is 11.4. The predicted octanol–water partition coefficient (Wildman–Crippen LogP) is -0.344. The molecule has 0 aromatic heterocycles. The van der Waals surface area contributed by atoms with Gasteiger partial charge in [-0.15, -0.1) is 0 Å². The van der Waals surface area contributed by atoms with Gasteiger partial charge in [-0.1, -0.05) is 6.58 Å². The molecule has 0 aliphatic carbocycles. The van der Waals surface area contributed by atoms with Crippen molar-refractivity contribution in [2.24, 2.45) is 0 Å². The summed E-state index contributed by atoms with van der Waals surface area (Å²) in [4.78, 5) is 25.5. The fraction of sp³-hybridized carbons (Fsp3) is 0.556. The van der Waals surface area contributed by atoms with Gasteiger partial charge < -0.3 is 15.1 Å². The van der Waals surface area contributed by atoms with Crippen molar-refractivity contribution in [2.75, 3.05) is 33.2 Å². The van der Waals surface area contributed by atoms with E-state index in [4.69, 9.17) is 0 Å². The van der Waals surface area contributed by atoms with Crippen LogP contribution in [0.4, 0.5) is 4.79 Å². The number of urea groups is 1. The molecule has 1 saturated heterocycles. The van der Waals surface area contributed by atoms with E-state index in [9.17, 15) is 9.59 Å². The van der Waals surface area contributed by atoms with Crippen LogP contribution in [-0.2, 0) is 4.79 Å². The van der Waals surface area contributed by atoms with E-state index in [-0.39, 0.29) is 11.9 Å². The van der Waals surface area contributed by atoms with Gasteiger partial charge in [0.05, 0.1) is 0 Å². The molecule has 0 atom stereocenters. The van der Waals surface area contributed by atoms with E-state index < -0.39 is 0 Å². The lowest BCUT2D eigenvalue weighted by atomic mass is 10.5. The van der Waals surface area contributed by atoms with Crippen molar-refractivity contribution in [1.82, 2.24) is 15.1 Å². The summed E-state index contributed by atoms with van der Waals surface area (Å²) in [5.74, 6) is -0.204. The van der Waals surface area contributed by atoms with E-state index >= 15 is 0 Å². The zero-order valence-corrected chi connectivity index (χ0v) is 8.32. The number of nitrogens with zero attached hydrogens (tertiary/aromatic N) is 2. The predicted molar refractivity (Wildman–Crippen MR) is 52.8 cm³/mol. The van der Waals surface area contributed by atoms with Gasteiger partial charge in [-0.3, -0.25) is 4.79 Å². The smallest absolute Gasteiger partial charge is 0.319 e. The van der Waals surface area contributed by atoms with Gasteiger partial charge in [0.25, 0.3) is 0 Å². The summed E-state index contributed by atoms with van der Waals surface area (Å²) in [6.07, 6.45) is 1.22. The molecule has 3 amide bonds. The standard InChI is InChI=1S/C9H15N3O2/c1-3-8(13)10-4-5-12-7-6-11(2)9(12)14/h3H,1,4-7H2,2H3,(H,10,13). The Hall–Kier alpha value is -1.52. The molecule has 1 heterocycles. The van der Waals surface area contributed by atoms with Gasteiger partial charge in [0.1, 0.15) is 0 Å². The lowest BCUT2D eigenvalue weighted by Gasteiger charge is -2.15. The number of carbonyl (C=O) groups excluding carboxylic acids is 2. The fourth-order valence-corrected chi connectivity index (χ4v) is 1.30. The van der Waals surface area contributed by atoms with Crippen LogP contribution in [0.15, 0.2) is 12.7 Å². The second kappa shape index (κ2) is 4.64. The summed E-state index contributed by atoms with van der Waals surface area (Å²) < 4.78 is 0. The molecular formula is C9H15N3O2. The third-order valence-electron chi connectivity index (χ3n) is 2.17. The molecule has 0 saturated carbocycles. The summed E-state index contributed by atoms with van der Waals surface area (Å²) in [5, 5.41) is 2.63. The van der Waals surface area contributed by atoms with Crippen LogP contribution in [0.25, 0.3) is 0 Å². The molecule has 1 aliphatic heterocycles. The third kappa shape index (κ3) is 2.48. The first kappa shape index (κ1) is 10.6. The fourth-order valence-electron chi connectivity index (χ4n) is 1.30. The van der Waals surface area contributed by atoms with Crippen molar-refractivity contribution >= 4 is 11.9 Å². The highest BCUT2D eigenvalue weighted by Crippen LogP contribution is 2.04. The molecule has 0 aromatic rings. The van der Waals surface area contributed by atoms with Gasteiger partial charge in [-0.25, -0.2) is 4.79 Å². The number of likely N-dealkylation sites (N-methyl/N-ethyl adjacent to an activating group) is 1. The molecule has 5 heteroatoms. The number of nitrogens with one attached hydrogen (secondary N) is 1. The van der Waals surface area contributed by atoms with Crippen LogP contribution in [-0.4, -0.2) is 55.0 Å². The number of hydrogen-bond donors (Lipinski definition) is 1. The highest BCUT2D eigenvalue weighted by atomic mass is 16.2. The van der Waals surface area contributed by atoms with Gasteiger partial charge in [-0.2, -0.15) is 0 Å². The maximum Gasteiger partial charge on any atom is 0.319 e. The average molecular weight is 197 g/mol. The molecule has 0 unspecified atom stereocenters. The van der Waals surface area contributed by atoms with Gasteiger partial charge in [0, 0.05) is 33.2 Å². The van der Waals surface area contributed by atoms with E-state index in [1.54, 1.807) is 16.8 Å². The Labute approximate surface area is 83.4 Å². The van der Waals surface area contributed by atoms with Crippen LogP contribution in [0.5, 0.6) is 0 Å². The third-order valence-corrected chi connectivity index (χ3v) is 2.17. The second-order valence-corrected chi connectivity index (χ2v) is 3.19. The first-order valence-corrected chi connectivity index (χ1v) is 4.55. The van der Waals surface area contributed by atoms with E-state index in [0.717, 1.165) is 13.1 Å². The number of carbonyl (C=O) groups is 2. The zero-order valence-electron chi connectivity index (χ0n) is 8.32. The quantitative estimate of drug-likeness (QED) is 0.627. The Morgan fingerprint density at radius 1 is 1.64 bits per heavy atom. The molecule has 1 fully saturated rings. The maximum atomic E-state index is 11.4. The van der Waals surface area contributed by atoms with Crippen LogP contribution in [0.2, 0.25) is 0 Å². The molecule has 0 spiro atoms. The molecule has 5 nitrogen and oxygen atoms in total. The minimum atomic E-state index is -0.204. The van der Waals surface area contributed by atoms with Gasteiger partial charge >= 0.3 is 6.03 Å². The highest BCUT2D eigenvalue weighted by Gasteiger charge is 2.24. The number of rotatable bonds is 4. The summed E-state index contributed by atoms with van der Waals surface area (Å²) in [6.45, 7) is 5.87. The summed E-state index contributed by atoms with van der Waals surface area (Å²) in [7, 11) is 1.77. The van der Waals surface area contributed by atoms with Crippen molar-refractivity contribution in [3.63, 3.8) is 0 Å². The van der Waals surface area contributed by atoms with Crippen LogP contribution in [0.1, 0.15) is 0 Å². The molecule has 1 aliphatic rings. The number of hydrogen-bond acceptors (Lipinski definition) is 2. The van der Waals surface area contributed by atoms with E-state index in [0.29, 0.717) is 13.1 Å². The Kier molecular flexibility index (Phi) is 3.50. The molecular weight excluding hydrogens is 182 g/mol. The van der Waals surface area contributed by atoms with Crippen LogP contribution in [0, 0.1) is 0 Å². The minimum absolute atomic E-state index is 0.0258. The Morgan fingerprint density at radius 2 is 2.36 bits per heavy atom. The van der Waals surface area contributed by atoms with Crippen LogP contribution >= 0.6 is 0 Å². The molecule has 1 rings (SSSR count). The highest BCUT2D eigenvalue weighted by molar-refractivity contribution is 5.86. The molecule has 0 radical (unpaired) electrons. The van der Waals surface area contributed by atoms with Crippen LogP contribution < -0.4 is 5.32 Å². The molecule has 78 valence electrons. The van der Waals surface area contributed by atoms with Crippen LogP contribution in [0.3, 0.4) is 0 Å². The van der Waals surface area contributed by atoms with Crippen molar-refractivity contribution < 1.29 is 9.59 Å². The Bertz CT molecular complexity index is 252. The van der Waals surface area contributed by atoms with Gasteiger partial charge in [0.2, 0.25) is 5.91 Å². The normalized spacial score (nSPS) is 15.9. The van der Waals surface area contributed by atoms with Crippen molar-refractivity contribution in [3.8, 4) is 0 Å². The van der Waals surface area contributed by atoms with Crippen molar-refractivity contribution in [2.45, 2.75) is 0 Å². The minimum Gasteiger partial charge on any atom is -0.351 e. The van der Waals surface area contributed by atoms with E-state index in [1.807, 2.05) is 0 Å². The Morgan fingerprint density at radius 3 is 2.86 bits per heavy atom. The summed E-state index contributed by atoms with van der Waals surface area (Å²) in [6, 6.07) is 0.0258. The largest absolute Gasteiger partial charge is 0.351 e. The lowest BCUT2D eigenvalue weighted by Crippen LogP contribution is -2.36. The number of amides is 3. The van der Waals surface area contributed by atoms with Gasteiger partial charge in [0.15, 0.2) is 0 Å². The second-order valence-electron chi connectivity index (χ2n) is 3.19. The molecule has 14 heavy (non-hydrogen) atoms. The zero-order chi connectivity index (χ0) is 10.6. The Balaban J connectivity index is 2.22. The topological polar surface area (TPSA) is 52.7 Å². The first-order valence-electron chi connectivity index (χ1n) is 4.55. The molecule has 1 N–H and O–H groups in total. The molecule has 0 bridgehead atoms. The first-order chi connectivity index (χ1) is 6.65. The van der Waals surface area contributed by atoms with Crippen molar-refractivity contribution in [3.05, 3.63) is 12.7 Å². The lowest BCUT2D eigenvalue weighted by molar-refractivity contribution is -0.116. The van der Waals surface area contributed by atoms with E-state index in [1.165, 1.54) is 6.08 Å². The monoisotopic (exact) mass is 197 g/mol. The van der Waals surface area contributed by atoms with Crippen molar-refractivity contribution in [1.29, 1.82) is 0 Å².